The normalized spacial score (nSPS) is 12.9. The summed E-state index contributed by atoms with van der Waals surface area (Å²) in [4.78, 5) is 2.39. The molecule has 2 N–H and O–H groups in total. The van der Waals surface area contributed by atoms with Crippen LogP contribution in [0.15, 0.2) is 24.3 Å². The van der Waals surface area contributed by atoms with Crippen molar-refractivity contribution in [2.45, 2.75) is 200 Å². The van der Waals surface area contributed by atoms with Gasteiger partial charge in [0, 0.05) is 6.54 Å². The number of aliphatic hydroxyl groups excluding tert-OH is 2. The van der Waals surface area contributed by atoms with Crippen LogP contribution in [0.1, 0.15) is 194 Å². The van der Waals surface area contributed by atoms with Gasteiger partial charge in [0.1, 0.15) is 0 Å². The summed E-state index contributed by atoms with van der Waals surface area (Å²) in [5, 5.41) is 19.3. The molecule has 0 saturated carbocycles. The van der Waals surface area contributed by atoms with Gasteiger partial charge in [-0.1, -0.05) is 154 Å². The Hall–Kier alpha value is -0.640. The molecule has 0 radical (unpaired) electrons. The van der Waals surface area contributed by atoms with E-state index in [2.05, 4.69) is 43.1 Å². The predicted octanol–water partition coefficient (Wildman–Crippen LogP) is 11.7. The first-order valence-electron chi connectivity index (χ1n) is 19.1. The number of allylic oxidation sites excluding steroid dienone is 4. The molecule has 0 aromatic rings. The molecule has 0 aliphatic heterocycles. The van der Waals surface area contributed by atoms with Gasteiger partial charge in [-0.25, -0.2) is 0 Å². The van der Waals surface area contributed by atoms with Gasteiger partial charge in [0.2, 0.25) is 0 Å². The third-order valence-electron chi connectivity index (χ3n) is 8.65. The Balaban J connectivity index is 3.65. The average Bonchev–Trinajstić information content (AvgIpc) is 3.00. The minimum atomic E-state index is -0.603. The first-order valence-corrected chi connectivity index (χ1v) is 19.1. The van der Waals surface area contributed by atoms with Crippen molar-refractivity contribution in [2.24, 2.45) is 0 Å². The van der Waals surface area contributed by atoms with E-state index in [1.807, 2.05) is 0 Å². The molecule has 0 aromatic heterocycles. The molecule has 0 aliphatic carbocycles. The van der Waals surface area contributed by atoms with Crippen LogP contribution in [-0.2, 0) is 0 Å². The molecule has 3 nitrogen and oxygen atoms in total. The quantitative estimate of drug-likeness (QED) is 0.0569. The highest BCUT2D eigenvalue weighted by atomic mass is 16.3. The number of nitrogens with zero attached hydrogens (tertiary/aromatic N) is 1. The largest absolute Gasteiger partial charge is 0.394 e. The van der Waals surface area contributed by atoms with E-state index in [9.17, 15) is 10.2 Å². The second-order valence-electron chi connectivity index (χ2n) is 13.0. The molecule has 0 amide bonds. The first-order chi connectivity index (χ1) is 20.7. The van der Waals surface area contributed by atoms with Gasteiger partial charge in [-0.2, -0.15) is 0 Å². The van der Waals surface area contributed by atoms with Gasteiger partial charge in [0.25, 0.3) is 0 Å². The SMILES string of the molecule is CCCCCCCC/C=C\CCCCCCCCN(CCCCCCCC/C=C\CCCCCCCC)CC(O)CO. The topological polar surface area (TPSA) is 43.7 Å². The van der Waals surface area contributed by atoms with E-state index in [1.165, 1.54) is 180 Å². The Labute approximate surface area is 265 Å². The van der Waals surface area contributed by atoms with Crippen LogP contribution >= 0.6 is 0 Å². The highest BCUT2D eigenvalue weighted by Crippen LogP contribution is 2.13. The van der Waals surface area contributed by atoms with E-state index in [4.69, 9.17) is 0 Å². The van der Waals surface area contributed by atoms with Crippen LogP contribution < -0.4 is 0 Å². The number of unbranched alkanes of at least 4 members (excludes halogenated alkanes) is 24. The van der Waals surface area contributed by atoms with Crippen molar-refractivity contribution in [2.75, 3.05) is 26.2 Å². The lowest BCUT2D eigenvalue weighted by molar-refractivity contribution is 0.0579. The maximum atomic E-state index is 10.00. The second-order valence-corrected chi connectivity index (χ2v) is 13.0. The van der Waals surface area contributed by atoms with Crippen molar-refractivity contribution in [1.82, 2.24) is 4.90 Å². The number of rotatable bonds is 35. The van der Waals surface area contributed by atoms with Crippen molar-refractivity contribution in [3.63, 3.8) is 0 Å². The highest BCUT2D eigenvalue weighted by molar-refractivity contribution is 4.82. The van der Waals surface area contributed by atoms with Gasteiger partial charge in [-0.15, -0.1) is 0 Å². The number of hydrogen-bond donors (Lipinski definition) is 2. The zero-order chi connectivity index (χ0) is 30.6. The first kappa shape index (κ1) is 41.4. The fourth-order valence-corrected chi connectivity index (χ4v) is 5.82. The van der Waals surface area contributed by atoms with Crippen molar-refractivity contribution >= 4 is 0 Å². The molecular formula is C39H77NO2. The van der Waals surface area contributed by atoms with Crippen LogP contribution in [0.25, 0.3) is 0 Å². The van der Waals surface area contributed by atoms with Crippen LogP contribution in [-0.4, -0.2) is 47.5 Å². The van der Waals surface area contributed by atoms with Crippen LogP contribution in [0.2, 0.25) is 0 Å². The molecule has 0 fully saturated rings. The van der Waals surface area contributed by atoms with Crippen LogP contribution in [0, 0.1) is 0 Å². The number of aliphatic hydroxyl groups is 2. The average molecular weight is 592 g/mol. The van der Waals surface area contributed by atoms with Gasteiger partial charge in [-0.3, -0.25) is 0 Å². The highest BCUT2D eigenvalue weighted by Gasteiger charge is 2.10. The summed E-state index contributed by atoms with van der Waals surface area (Å²) in [6.07, 6.45) is 46.4. The Morgan fingerprint density at radius 1 is 0.429 bits per heavy atom. The zero-order valence-electron chi connectivity index (χ0n) is 28.9. The molecule has 42 heavy (non-hydrogen) atoms. The fraction of sp³-hybridized carbons (Fsp3) is 0.897. The monoisotopic (exact) mass is 592 g/mol. The van der Waals surface area contributed by atoms with E-state index in [-0.39, 0.29) is 6.61 Å². The van der Waals surface area contributed by atoms with Gasteiger partial charge in [0.05, 0.1) is 12.7 Å². The van der Waals surface area contributed by atoms with Gasteiger partial charge < -0.3 is 15.1 Å². The molecule has 250 valence electrons. The molecule has 1 unspecified atom stereocenters. The van der Waals surface area contributed by atoms with E-state index in [1.54, 1.807) is 0 Å². The molecular weight excluding hydrogens is 514 g/mol. The summed E-state index contributed by atoms with van der Waals surface area (Å²) in [6.45, 7) is 7.17. The molecule has 3 heteroatoms. The van der Waals surface area contributed by atoms with Gasteiger partial charge in [0.15, 0.2) is 0 Å². The van der Waals surface area contributed by atoms with Gasteiger partial charge >= 0.3 is 0 Å². The van der Waals surface area contributed by atoms with Crippen LogP contribution in [0.3, 0.4) is 0 Å². The van der Waals surface area contributed by atoms with Crippen molar-refractivity contribution in [3.05, 3.63) is 24.3 Å². The Morgan fingerprint density at radius 3 is 1.02 bits per heavy atom. The van der Waals surface area contributed by atoms with Crippen molar-refractivity contribution in [3.8, 4) is 0 Å². The molecule has 0 spiro atoms. The van der Waals surface area contributed by atoms with Gasteiger partial charge in [-0.05, 0) is 77.3 Å². The Morgan fingerprint density at radius 2 is 0.714 bits per heavy atom. The Kier molecular flexibility index (Phi) is 36.0. The minimum absolute atomic E-state index is 0.128. The second kappa shape index (κ2) is 36.6. The van der Waals surface area contributed by atoms with E-state index in [0.717, 1.165) is 13.1 Å². The zero-order valence-corrected chi connectivity index (χ0v) is 28.9. The standard InChI is InChI=1S/C39H77NO2/c1-3-5-7-9-11-13-15-17-19-21-23-25-27-29-31-33-35-40(37-39(42)38-41)36-34-32-30-28-26-24-22-20-18-16-14-12-10-8-6-4-2/h17-20,39,41-42H,3-16,21-38H2,1-2H3/b19-17-,20-18-. The van der Waals surface area contributed by atoms with E-state index in [0.29, 0.717) is 6.54 Å². The number of hydrogen-bond acceptors (Lipinski definition) is 3. The summed E-state index contributed by atoms with van der Waals surface area (Å²) in [5.74, 6) is 0. The Bertz CT molecular complexity index is 505. The molecule has 0 saturated heterocycles. The van der Waals surface area contributed by atoms with Crippen molar-refractivity contribution < 1.29 is 10.2 Å². The maximum absolute atomic E-state index is 10.00. The molecule has 0 aromatic carbocycles. The van der Waals surface area contributed by atoms with Crippen LogP contribution in [0.5, 0.6) is 0 Å². The maximum Gasteiger partial charge on any atom is 0.0897 e. The summed E-state index contributed by atoms with van der Waals surface area (Å²) in [5.41, 5.74) is 0. The molecule has 0 bridgehead atoms. The lowest BCUT2D eigenvalue weighted by Gasteiger charge is -2.24. The minimum Gasteiger partial charge on any atom is -0.394 e. The summed E-state index contributed by atoms with van der Waals surface area (Å²) >= 11 is 0. The summed E-state index contributed by atoms with van der Waals surface area (Å²) < 4.78 is 0. The van der Waals surface area contributed by atoms with Crippen LogP contribution in [0.4, 0.5) is 0 Å². The molecule has 1 atom stereocenters. The smallest absolute Gasteiger partial charge is 0.0897 e. The predicted molar refractivity (Wildman–Crippen MR) is 188 cm³/mol. The molecule has 0 rings (SSSR count). The third-order valence-corrected chi connectivity index (χ3v) is 8.65. The van der Waals surface area contributed by atoms with Crippen molar-refractivity contribution in [1.29, 1.82) is 0 Å². The lowest BCUT2D eigenvalue weighted by atomic mass is 10.1. The molecule has 0 aliphatic rings. The molecule has 0 heterocycles. The summed E-state index contributed by atoms with van der Waals surface area (Å²) in [7, 11) is 0. The lowest BCUT2D eigenvalue weighted by Crippen LogP contribution is -2.35. The van der Waals surface area contributed by atoms with E-state index >= 15 is 0 Å². The third kappa shape index (κ3) is 33.9. The van der Waals surface area contributed by atoms with E-state index < -0.39 is 6.10 Å². The fourth-order valence-electron chi connectivity index (χ4n) is 5.82. The summed E-state index contributed by atoms with van der Waals surface area (Å²) in [6, 6.07) is 0.